The molecule has 1 aromatic rings. The lowest BCUT2D eigenvalue weighted by Gasteiger charge is -2.10. The molecule has 7 nitrogen and oxygen atoms in total. The first-order valence-corrected chi connectivity index (χ1v) is 5.35. The van der Waals surface area contributed by atoms with Crippen LogP contribution in [-0.2, 0) is 10.2 Å². The maximum atomic E-state index is 11.5. The predicted octanol–water partition coefficient (Wildman–Crippen LogP) is -0.723. The van der Waals surface area contributed by atoms with Crippen molar-refractivity contribution in [2.45, 2.75) is 0 Å². The molecule has 0 bridgehead atoms. The van der Waals surface area contributed by atoms with Crippen LogP contribution in [0.5, 0.6) is 0 Å². The second-order valence-corrected chi connectivity index (χ2v) is 5.05. The molecule has 0 amide bonds. The van der Waals surface area contributed by atoms with E-state index in [-0.39, 0.29) is 10.7 Å². The lowest BCUT2D eigenvalue weighted by atomic mass is 11.1. The van der Waals surface area contributed by atoms with Crippen molar-refractivity contribution in [1.82, 2.24) is 18.5 Å². The summed E-state index contributed by atoms with van der Waals surface area (Å²) in [6.07, 6.45) is 0. The van der Waals surface area contributed by atoms with Crippen LogP contribution in [0.1, 0.15) is 0 Å². The van der Waals surface area contributed by atoms with Crippen LogP contribution in [0.15, 0.2) is 4.73 Å². The average molecular weight is 270 g/mol. The van der Waals surface area contributed by atoms with Gasteiger partial charge in [-0.25, -0.2) is 0 Å². The summed E-state index contributed by atoms with van der Waals surface area (Å²) < 4.78 is 24.7. The first kappa shape index (κ1) is 10.4. The Morgan fingerprint density at radius 2 is 2.08 bits per heavy atom. The Bertz CT molecular complexity index is 410. The lowest BCUT2D eigenvalue weighted by Crippen LogP contribution is -2.29. The first-order chi connectivity index (χ1) is 5.85. The number of halogens is 1. The van der Waals surface area contributed by atoms with Crippen molar-refractivity contribution in [1.29, 1.82) is 0 Å². The number of rotatable bonds is 2. The van der Waals surface area contributed by atoms with Gasteiger partial charge in [-0.3, -0.25) is 0 Å². The van der Waals surface area contributed by atoms with E-state index in [0.29, 0.717) is 4.09 Å². The third kappa shape index (κ3) is 1.81. The normalized spacial score (nSPS) is 12.3. The zero-order chi connectivity index (χ0) is 10.2. The summed E-state index contributed by atoms with van der Waals surface area (Å²) in [7, 11) is -0.860. The Morgan fingerprint density at radius 1 is 1.54 bits per heavy atom. The van der Waals surface area contributed by atoms with Crippen molar-refractivity contribution < 1.29 is 8.42 Å². The van der Waals surface area contributed by atoms with Crippen LogP contribution in [0.25, 0.3) is 0 Å². The molecule has 9 heteroatoms. The van der Waals surface area contributed by atoms with Gasteiger partial charge in [0.15, 0.2) is 0 Å². The zero-order valence-corrected chi connectivity index (χ0v) is 9.37. The van der Waals surface area contributed by atoms with Crippen molar-refractivity contribution in [3.63, 3.8) is 0 Å². The molecule has 0 aromatic carbocycles. The third-order valence-electron chi connectivity index (χ3n) is 1.24. The molecule has 0 unspecified atom stereocenters. The molecule has 0 aliphatic carbocycles. The third-order valence-corrected chi connectivity index (χ3v) is 3.60. The minimum absolute atomic E-state index is 0.0544. The van der Waals surface area contributed by atoms with Gasteiger partial charge in [0.1, 0.15) is 0 Å². The van der Waals surface area contributed by atoms with Gasteiger partial charge >= 0.3 is 10.2 Å². The molecule has 0 saturated carbocycles. The molecule has 0 spiro atoms. The van der Waals surface area contributed by atoms with E-state index < -0.39 is 10.2 Å². The van der Waals surface area contributed by atoms with E-state index in [4.69, 9.17) is 5.73 Å². The quantitative estimate of drug-likeness (QED) is 0.765. The Morgan fingerprint density at radius 3 is 2.38 bits per heavy atom. The topological polar surface area (TPSA) is 94.1 Å². The summed E-state index contributed by atoms with van der Waals surface area (Å²) in [6.45, 7) is 0. The van der Waals surface area contributed by atoms with Gasteiger partial charge in [-0.2, -0.15) is 17.7 Å². The monoisotopic (exact) mass is 269 g/mol. The number of anilines is 1. The van der Waals surface area contributed by atoms with Crippen LogP contribution in [0, 0.1) is 0 Å². The molecule has 0 saturated heterocycles. The highest BCUT2D eigenvalue weighted by Crippen LogP contribution is 2.11. The molecule has 1 rings (SSSR count). The summed E-state index contributed by atoms with van der Waals surface area (Å²) >= 11 is 2.92. The van der Waals surface area contributed by atoms with Crippen molar-refractivity contribution in [3.05, 3.63) is 4.73 Å². The van der Waals surface area contributed by atoms with Crippen LogP contribution < -0.4 is 5.73 Å². The fourth-order valence-electron chi connectivity index (χ4n) is 0.595. The highest BCUT2D eigenvalue weighted by molar-refractivity contribution is 9.10. The highest BCUT2D eigenvalue weighted by Gasteiger charge is 2.21. The summed E-state index contributed by atoms with van der Waals surface area (Å²) in [5.74, 6) is -0.0997. The van der Waals surface area contributed by atoms with E-state index in [2.05, 4.69) is 26.0 Å². The molecule has 1 heterocycles. The van der Waals surface area contributed by atoms with Gasteiger partial charge in [0, 0.05) is 14.1 Å². The maximum Gasteiger partial charge on any atom is 0.325 e. The van der Waals surface area contributed by atoms with Crippen molar-refractivity contribution >= 4 is 32.1 Å². The molecule has 2 N–H and O–H groups in total. The van der Waals surface area contributed by atoms with E-state index in [1.54, 1.807) is 0 Å². The van der Waals surface area contributed by atoms with Crippen molar-refractivity contribution in [2.24, 2.45) is 0 Å². The Balaban J connectivity index is 3.31. The smallest absolute Gasteiger partial charge is 0.325 e. The number of nitrogens with zero attached hydrogens (tertiary/aromatic N) is 4. The van der Waals surface area contributed by atoms with Gasteiger partial charge in [0.2, 0.25) is 10.7 Å². The summed E-state index contributed by atoms with van der Waals surface area (Å²) in [5.41, 5.74) is 5.22. The largest absolute Gasteiger partial charge is 0.366 e. The molecule has 13 heavy (non-hydrogen) atoms. The number of hydrogen-bond donors (Lipinski definition) is 1. The van der Waals surface area contributed by atoms with Gasteiger partial charge in [-0.1, -0.05) is 0 Å². The predicted molar refractivity (Wildman–Crippen MR) is 50.1 cm³/mol. The van der Waals surface area contributed by atoms with Crippen LogP contribution in [-0.4, -0.2) is 41.0 Å². The van der Waals surface area contributed by atoms with Gasteiger partial charge in [0.05, 0.1) is 0 Å². The second-order valence-electron chi connectivity index (χ2n) is 2.37. The Hall–Kier alpha value is -0.670. The maximum absolute atomic E-state index is 11.5. The Kier molecular flexibility index (Phi) is 2.59. The molecule has 0 atom stereocenters. The Labute approximate surface area is 83.9 Å². The minimum Gasteiger partial charge on any atom is -0.366 e. The van der Waals surface area contributed by atoms with Crippen molar-refractivity contribution in [2.75, 3.05) is 19.8 Å². The van der Waals surface area contributed by atoms with E-state index in [9.17, 15) is 8.42 Å². The second kappa shape index (κ2) is 3.24. The minimum atomic E-state index is -3.64. The number of nitrogens with two attached hydrogens (primary N) is 1. The van der Waals surface area contributed by atoms with E-state index in [0.717, 1.165) is 4.31 Å². The van der Waals surface area contributed by atoms with Crippen LogP contribution in [0.4, 0.5) is 5.95 Å². The fourth-order valence-corrected chi connectivity index (χ4v) is 2.13. The zero-order valence-electron chi connectivity index (χ0n) is 6.97. The van der Waals surface area contributed by atoms with E-state index >= 15 is 0 Å². The van der Waals surface area contributed by atoms with Crippen LogP contribution >= 0.6 is 15.9 Å². The van der Waals surface area contributed by atoms with Crippen LogP contribution in [0.2, 0.25) is 0 Å². The van der Waals surface area contributed by atoms with E-state index in [1.165, 1.54) is 14.1 Å². The summed E-state index contributed by atoms with van der Waals surface area (Å²) in [5, 5.41) is 3.51. The lowest BCUT2D eigenvalue weighted by molar-refractivity contribution is 0.502. The molecule has 0 aliphatic heterocycles. The van der Waals surface area contributed by atoms with Gasteiger partial charge in [-0.15, -0.1) is 9.19 Å². The highest BCUT2D eigenvalue weighted by atomic mass is 79.9. The number of hydrogen-bond acceptors (Lipinski definition) is 5. The van der Waals surface area contributed by atoms with Crippen LogP contribution in [0.3, 0.4) is 0 Å². The average Bonchev–Trinajstić information content (AvgIpc) is 2.30. The van der Waals surface area contributed by atoms with E-state index in [1.807, 2.05) is 0 Å². The van der Waals surface area contributed by atoms with Gasteiger partial charge < -0.3 is 5.73 Å². The molecule has 1 aromatic heterocycles. The SMILES string of the molecule is CN(C)S(=O)(=O)n1nc(N)nc1Br. The first-order valence-electron chi connectivity index (χ1n) is 3.16. The fraction of sp³-hybridized carbons (Fsp3) is 0.500. The number of aromatic nitrogens is 3. The molecule has 0 fully saturated rings. The molecular formula is C4H8BrN5O2S. The van der Waals surface area contributed by atoms with Crippen molar-refractivity contribution in [3.8, 4) is 0 Å². The standard InChI is InChI=1S/C4H8BrN5O2S/c1-9(2)13(11,12)10-3(5)7-4(6)8-10/h1-2H3,(H2,6,8). The molecule has 0 radical (unpaired) electrons. The summed E-state index contributed by atoms with van der Waals surface area (Å²) in [4.78, 5) is 3.60. The van der Waals surface area contributed by atoms with Gasteiger partial charge in [-0.05, 0) is 15.9 Å². The number of nitrogen functional groups attached to an aromatic ring is 1. The molecular weight excluding hydrogens is 262 g/mol. The summed E-state index contributed by atoms with van der Waals surface area (Å²) in [6, 6.07) is 0. The van der Waals surface area contributed by atoms with Gasteiger partial charge in [0.25, 0.3) is 0 Å². The molecule has 0 aliphatic rings. The molecule has 74 valence electrons.